The van der Waals surface area contributed by atoms with Crippen LogP contribution in [0.5, 0.6) is 11.5 Å². The van der Waals surface area contributed by atoms with Crippen LogP contribution in [-0.2, 0) is 16.1 Å². The van der Waals surface area contributed by atoms with Crippen LogP contribution in [0.15, 0.2) is 18.2 Å². The highest BCUT2D eigenvalue weighted by molar-refractivity contribution is 5.94. The highest BCUT2D eigenvalue weighted by Gasteiger charge is 2.47. The Kier molecular flexibility index (Phi) is 6.47. The lowest BCUT2D eigenvalue weighted by molar-refractivity contribution is -0.141. The summed E-state index contributed by atoms with van der Waals surface area (Å²) in [5.41, 5.74) is 0.0426. The topological polar surface area (TPSA) is 67.9 Å². The number of nitrogens with zero attached hydrogens (tertiary/aromatic N) is 1. The fourth-order valence-electron chi connectivity index (χ4n) is 4.31. The second kappa shape index (κ2) is 8.84. The van der Waals surface area contributed by atoms with Crippen LogP contribution in [0.4, 0.5) is 0 Å². The number of hydrogen-bond acceptors (Lipinski definition) is 4. The van der Waals surface area contributed by atoms with Crippen molar-refractivity contribution in [2.75, 3.05) is 14.2 Å². The molecule has 6 nitrogen and oxygen atoms in total. The van der Waals surface area contributed by atoms with Gasteiger partial charge in [0.15, 0.2) is 0 Å². The number of nitrogens with one attached hydrogen (secondary N) is 1. The van der Waals surface area contributed by atoms with E-state index < -0.39 is 5.54 Å². The molecule has 1 N–H and O–H groups in total. The van der Waals surface area contributed by atoms with Gasteiger partial charge in [-0.2, -0.15) is 0 Å². The molecular formula is C22H32N2O4. The van der Waals surface area contributed by atoms with Gasteiger partial charge in [-0.15, -0.1) is 0 Å². The molecule has 3 rings (SSSR count). The molecule has 1 aliphatic carbocycles. The number of rotatable bonds is 6. The van der Waals surface area contributed by atoms with Crippen LogP contribution in [0, 0.1) is 0 Å². The summed E-state index contributed by atoms with van der Waals surface area (Å²) in [4.78, 5) is 27.6. The molecule has 0 radical (unpaired) electrons. The van der Waals surface area contributed by atoms with Gasteiger partial charge in [-0.1, -0.05) is 25.7 Å². The first-order valence-electron chi connectivity index (χ1n) is 10.3. The number of carbonyl (C=O) groups is 2. The fourth-order valence-corrected chi connectivity index (χ4v) is 4.31. The maximum absolute atomic E-state index is 13.2. The number of amides is 2. The molecule has 1 atom stereocenters. The third kappa shape index (κ3) is 4.26. The molecule has 2 aliphatic rings. The molecule has 2 amide bonds. The number of benzene rings is 1. The van der Waals surface area contributed by atoms with E-state index in [0.29, 0.717) is 30.9 Å². The molecule has 154 valence electrons. The molecule has 1 aliphatic heterocycles. The van der Waals surface area contributed by atoms with Crippen molar-refractivity contribution in [2.24, 2.45) is 0 Å². The summed E-state index contributed by atoms with van der Waals surface area (Å²) in [6.45, 7) is 2.24. The lowest BCUT2D eigenvalue weighted by atomic mass is 9.95. The van der Waals surface area contributed by atoms with Gasteiger partial charge in [0.1, 0.15) is 17.0 Å². The first-order valence-corrected chi connectivity index (χ1v) is 10.3. The summed E-state index contributed by atoms with van der Waals surface area (Å²) in [6, 6.07) is 5.77. The number of methoxy groups -OCH3 is 2. The van der Waals surface area contributed by atoms with E-state index in [4.69, 9.17) is 9.47 Å². The Balaban J connectivity index is 1.77. The van der Waals surface area contributed by atoms with E-state index in [-0.39, 0.29) is 17.9 Å². The average Bonchev–Trinajstić information content (AvgIpc) is 2.88. The van der Waals surface area contributed by atoms with Crippen LogP contribution in [0.2, 0.25) is 0 Å². The van der Waals surface area contributed by atoms with Crippen LogP contribution in [0.3, 0.4) is 0 Å². The molecule has 0 aromatic heterocycles. The maximum atomic E-state index is 13.2. The molecule has 0 bridgehead atoms. The molecule has 1 saturated carbocycles. The molecule has 6 heteroatoms. The Morgan fingerprint density at radius 1 is 1.18 bits per heavy atom. The van der Waals surface area contributed by atoms with Crippen molar-refractivity contribution in [1.82, 2.24) is 10.2 Å². The molecule has 1 heterocycles. The van der Waals surface area contributed by atoms with Crippen molar-refractivity contribution in [3.63, 3.8) is 0 Å². The number of ether oxygens (including phenoxy) is 2. The van der Waals surface area contributed by atoms with Crippen molar-refractivity contribution < 1.29 is 19.1 Å². The third-order valence-corrected chi connectivity index (χ3v) is 6.22. The Morgan fingerprint density at radius 3 is 2.54 bits per heavy atom. The smallest absolute Gasteiger partial charge is 0.245 e. The Hall–Kier alpha value is -2.24. The lowest BCUT2D eigenvalue weighted by Gasteiger charge is -2.35. The van der Waals surface area contributed by atoms with Crippen molar-refractivity contribution in [2.45, 2.75) is 76.4 Å². The van der Waals surface area contributed by atoms with Gasteiger partial charge in [0.05, 0.1) is 20.8 Å². The molecule has 0 spiro atoms. The van der Waals surface area contributed by atoms with Crippen LogP contribution in [0.1, 0.15) is 63.9 Å². The van der Waals surface area contributed by atoms with E-state index in [0.717, 1.165) is 31.2 Å². The van der Waals surface area contributed by atoms with E-state index in [2.05, 4.69) is 5.32 Å². The van der Waals surface area contributed by atoms with E-state index in [1.165, 1.54) is 12.8 Å². The van der Waals surface area contributed by atoms with Crippen molar-refractivity contribution in [3.8, 4) is 11.5 Å². The Bertz CT molecular complexity index is 712. The van der Waals surface area contributed by atoms with E-state index in [1.807, 2.05) is 19.1 Å². The van der Waals surface area contributed by atoms with Gasteiger partial charge in [0.25, 0.3) is 0 Å². The molecule has 2 fully saturated rings. The molecule has 28 heavy (non-hydrogen) atoms. The summed E-state index contributed by atoms with van der Waals surface area (Å²) in [5.74, 6) is 1.34. The second-order valence-electron chi connectivity index (χ2n) is 8.09. The molecular weight excluding hydrogens is 356 g/mol. The van der Waals surface area contributed by atoms with Crippen molar-refractivity contribution in [3.05, 3.63) is 23.8 Å². The van der Waals surface area contributed by atoms with Gasteiger partial charge in [-0.3, -0.25) is 9.59 Å². The van der Waals surface area contributed by atoms with Gasteiger partial charge in [0, 0.05) is 24.1 Å². The van der Waals surface area contributed by atoms with Gasteiger partial charge in [-0.25, -0.2) is 0 Å². The fraction of sp³-hybridized carbons (Fsp3) is 0.636. The molecule has 1 aromatic carbocycles. The summed E-state index contributed by atoms with van der Waals surface area (Å²) in [7, 11) is 3.20. The monoisotopic (exact) mass is 388 g/mol. The standard InChI is InChI=1S/C22H32N2O4/c1-22(21(26)23-17-8-6-4-5-7-9-17)13-12-20(25)24(22)15-16-10-11-18(27-2)14-19(16)28-3/h10-11,14,17H,4-9,12-13,15H2,1-3H3,(H,23,26)/t22-/m1/s1. The van der Waals surface area contributed by atoms with Gasteiger partial charge >= 0.3 is 0 Å². The van der Waals surface area contributed by atoms with Gasteiger partial charge < -0.3 is 19.7 Å². The molecule has 1 saturated heterocycles. The highest BCUT2D eigenvalue weighted by atomic mass is 16.5. The SMILES string of the molecule is COc1ccc(CN2C(=O)CC[C@]2(C)C(=O)NC2CCCCCC2)c(OC)c1. The second-order valence-corrected chi connectivity index (χ2v) is 8.09. The van der Waals surface area contributed by atoms with Gasteiger partial charge in [-0.05, 0) is 38.3 Å². The molecule has 1 aromatic rings. The lowest BCUT2D eigenvalue weighted by Crippen LogP contribution is -2.56. The number of carbonyl (C=O) groups excluding carboxylic acids is 2. The minimum Gasteiger partial charge on any atom is -0.497 e. The van der Waals surface area contributed by atoms with Crippen LogP contribution >= 0.6 is 0 Å². The summed E-state index contributed by atoms with van der Waals surface area (Å²) in [5, 5.41) is 3.24. The highest BCUT2D eigenvalue weighted by Crippen LogP contribution is 2.35. The Labute approximate surface area is 167 Å². The van der Waals surface area contributed by atoms with E-state index >= 15 is 0 Å². The minimum atomic E-state index is -0.825. The molecule has 0 unspecified atom stereocenters. The summed E-state index contributed by atoms with van der Waals surface area (Å²) in [6.07, 6.45) is 7.80. The van der Waals surface area contributed by atoms with Crippen molar-refractivity contribution >= 4 is 11.8 Å². The largest absolute Gasteiger partial charge is 0.497 e. The number of likely N-dealkylation sites (tertiary alicyclic amines) is 1. The quantitative estimate of drug-likeness (QED) is 0.758. The van der Waals surface area contributed by atoms with E-state index in [1.54, 1.807) is 25.2 Å². The van der Waals surface area contributed by atoms with Gasteiger partial charge in [0.2, 0.25) is 11.8 Å². The van der Waals surface area contributed by atoms with Crippen LogP contribution < -0.4 is 14.8 Å². The zero-order chi connectivity index (χ0) is 20.1. The summed E-state index contributed by atoms with van der Waals surface area (Å²) >= 11 is 0. The third-order valence-electron chi connectivity index (χ3n) is 6.22. The first-order chi connectivity index (χ1) is 13.5. The minimum absolute atomic E-state index is 0.0105. The predicted octanol–water partition coefficient (Wildman–Crippen LogP) is 3.42. The Morgan fingerprint density at radius 2 is 1.89 bits per heavy atom. The van der Waals surface area contributed by atoms with Crippen LogP contribution in [0.25, 0.3) is 0 Å². The van der Waals surface area contributed by atoms with Crippen molar-refractivity contribution in [1.29, 1.82) is 0 Å². The number of hydrogen-bond donors (Lipinski definition) is 1. The average molecular weight is 389 g/mol. The van der Waals surface area contributed by atoms with Crippen LogP contribution in [-0.4, -0.2) is 42.5 Å². The maximum Gasteiger partial charge on any atom is 0.245 e. The zero-order valence-corrected chi connectivity index (χ0v) is 17.3. The predicted molar refractivity (Wildman–Crippen MR) is 107 cm³/mol. The zero-order valence-electron chi connectivity index (χ0n) is 17.3. The van der Waals surface area contributed by atoms with E-state index in [9.17, 15) is 9.59 Å². The first kappa shape index (κ1) is 20.5. The normalized spacial score (nSPS) is 23.4. The summed E-state index contributed by atoms with van der Waals surface area (Å²) < 4.78 is 10.7.